The van der Waals surface area contributed by atoms with E-state index in [4.69, 9.17) is 5.73 Å². The molecule has 0 fully saturated rings. The number of amides is 1. The van der Waals surface area contributed by atoms with Gasteiger partial charge in [-0.05, 0) is 25.5 Å². The molecule has 0 aromatic heterocycles. The number of benzene rings is 1. The van der Waals surface area contributed by atoms with E-state index >= 15 is 0 Å². The normalized spacial score (nSPS) is 12.0. The lowest BCUT2D eigenvalue weighted by Gasteiger charge is -2.12. The SMILES string of the molecule is Cc1cc(C)c([N+](=O)[O-])cc1NC(=O)C(C)CN. The Morgan fingerprint density at radius 3 is 2.56 bits per heavy atom. The van der Waals surface area contributed by atoms with Crippen LogP contribution in [0.15, 0.2) is 12.1 Å². The van der Waals surface area contributed by atoms with Gasteiger partial charge in [0, 0.05) is 24.1 Å². The van der Waals surface area contributed by atoms with E-state index in [2.05, 4.69) is 5.32 Å². The largest absolute Gasteiger partial charge is 0.330 e. The molecular weight excluding hydrogens is 234 g/mol. The monoisotopic (exact) mass is 251 g/mol. The number of nitrogens with zero attached hydrogens (tertiary/aromatic N) is 1. The van der Waals surface area contributed by atoms with E-state index in [0.717, 1.165) is 5.56 Å². The molecular formula is C12H17N3O3. The van der Waals surface area contributed by atoms with Gasteiger partial charge in [-0.25, -0.2) is 0 Å². The van der Waals surface area contributed by atoms with Crippen molar-refractivity contribution in [3.05, 3.63) is 33.4 Å². The molecule has 1 rings (SSSR count). The first-order valence-corrected chi connectivity index (χ1v) is 5.63. The van der Waals surface area contributed by atoms with Gasteiger partial charge >= 0.3 is 0 Å². The second-order valence-electron chi connectivity index (χ2n) is 4.34. The van der Waals surface area contributed by atoms with Crippen molar-refractivity contribution in [2.75, 3.05) is 11.9 Å². The minimum absolute atomic E-state index is 0.00342. The van der Waals surface area contributed by atoms with Gasteiger partial charge in [-0.3, -0.25) is 14.9 Å². The Kier molecular flexibility index (Phi) is 4.38. The van der Waals surface area contributed by atoms with Gasteiger partial charge in [0.1, 0.15) is 0 Å². The van der Waals surface area contributed by atoms with Gasteiger partial charge in [-0.15, -0.1) is 0 Å². The van der Waals surface area contributed by atoms with Gasteiger partial charge < -0.3 is 11.1 Å². The minimum Gasteiger partial charge on any atom is -0.330 e. The zero-order valence-electron chi connectivity index (χ0n) is 10.7. The first-order chi connectivity index (χ1) is 8.36. The molecule has 0 spiro atoms. The van der Waals surface area contributed by atoms with E-state index in [1.165, 1.54) is 6.07 Å². The number of hydrogen-bond donors (Lipinski definition) is 2. The highest BCUT2D eigenvalue weighted by Gasteiger charge is 2.17. The Morgan fingerprint density at radius 1 is 1.44 bits per heavy atom. The molecule has 3 N–H and O–H groups in total. The number of anilines is 1. The van der Waals surface area contributed by atoms with Crippen LogP contribution in [0.25, 0.3) is 0 Å². The number of nitrogens with two attached hydrogens (primary N) is 1. The van der Waals surface area contributed by atoms with Crippen molar-refractivity contribution >= 4 is 17.3 Å². The Morgan fingerprint density at radius 2 is 2.06 bits per heavy atom. The Balaban J connectivity index is 3.06. The Labute approximate surface area is 105 Å². The number of nitro benzene ring substituents is 1. The summed E-state index contributed by atoms with van der Waals surface area (Å²) >= 11 is 0. The molecule has 0 bridgehead atoms. The van der Waals surface area contributed by atoms with Crippen molar-refractivity contribution in [3.8, 4) is 0 Å². The van der Waals surface area contributed by atoms with Crippen LogP contribution in [0, 0.1) is 29.9 Å². The first kappa shape index (κ1) is 14.1. The Hall–Kier alpha value is -1.95. The number of carbonyl (C=O) groups is 1. The van der Waals surface area contributed by atoms with Crippen molar-refractivity contribution in [2.45, 2.75) is 20.8 Å². The summed E-state index contributed by atoms with van der Waals surface area (Å²) in [6.07, 6.45) is 0. The zero-order chi connectivity index (χ0) is 13.9. The van der Waals surface area contributed by atoms with Gasteiger partial charge in [0.15, 0.2) is 0 Å². The fraction of sp³-hybridized carbons (Fsp3) is 0.417. The van der Waals surface area contributed by atoms with Crippen LogP contribution >= 0.6 is 0 Å². The van der Waals surface area contributed by atoms with Crippen LogP contribution in [0.1, 0.15) is 18.1 Å². The van der Waals surface area contributed by atoms with Crippen molar-refractivity contribution in [1.82, 2.24) is 0 Å². The molecule has 1 amide bonds. The van der Waals surface area contributed by atoms with Crippen molar-refractivity contribution in [3.63, 3.8) is 0 Å². The minimum atomic E-state index is -0.462. The van der Waals surface area contributed by atoms with Gasteiger partial charge in [0.05, 0.1) is 10.6 Å². The van der Waals surface area contributed by atoms with Crippen molar-refractivity contribution in [1.29, 1.82) is 0 Å². The third-order valence-electron chi connectivity index (χ3n) is 2.80. The van der Waals surface area contributed by atoms with Crippen LogP contribution in [0.4, 0.5) is 11.4 Å². The van der Waals surface area contributed by atoms with E-state index in [1.54, 1.807) is 26.8 Å². The molecule has 0 heterocycles. The number of nitro groups is 1. The summed E-state index contributed by atoms with van der Waals surface area (Å²) in [5.74, 6) is -0.566. The highest BCUT2D eigenvalue weighted by atomic mass is 16.6. The van der Waals surface area contributed by atoms with E-state index in [1.807, 2.05) is 0 Å². The maximum absolute atomic E-state index is 11.7. The summed E-state index contributed by atoms with van der Waals surface area (Å²) in [5, 5.41) is 13.5. The molecule has 0 saturated heterocycles. The molecule has 1 aromatic rings. The maximum atomic E-state index is 11.7. The molecule has 6 nitrogen and oxygen atoms in total. The van der Waals surface area contributed by atoms with Gasteiger partial charge in [0.25, 0.3) is 5.69 Å². The number of carbonyl (C=O) groups excluding carboxylic acids is 1. The van der Waals surface area contributed by atoms with E-state index in [-0.39, 0.29) is 24.1 Å². The summed E-state index contributed by atoms with van der Waals surface area (Å²) in [6, 6.07) is 3.06. The standard InChI is InChI=1S/C12H17N3O3/c1-7-4-8(2)11(15(17)18)5-10(7)14-12(16)9(3)6-13/h4-5,9H,6,13H2,1-3H3,(H,14,16). The van der Waals surface area contributed by atoms with E-state index in [9.17, 15) is 14.9 Å². The fourth-order valence-electron chi connectivity index (χ4n) is 1.54. The van der Waals surface area contributed by atoms with Gasteiger partial charge in [-0.2, -0.15) is 0 Å². The molecule has 0 saturated carbocycles. The number of aryl methyl sites for hydroxylation is 2. The van der Waals surface area contributed by atoms with Gasteiger partial charge in [-0.1, -0.05) is 6.92 Å². The lowest BCUT2D eigenvalue weighted by atomic mass is 10.1. The second-order valence-corrected chi connectivity index (χ2v) is 4.34. The lowest BCUT2D eigenvalue weighted by molar-refractivity contribution is -0.385. The smallest absolute Gasteiger partial charge is 0.274 e. The van der Waals surface area contributed by atoms with Crippen LogP contribution in [0.3, 0.4) is 0 Å². The summed E-state index contributed by atoms with van der Waals surface area (Å²) in [5.41, 5.74) is 7.21. The van der Waals surface area contributed by atoms with Crippen LogP contribution in [-0.2, 0) is 4.79 Å². The predicted molar refractivity (Wildman–Crippen MR) is 69.4 cm³/mol. The molecule has 0 aliphatic rings. The van der Waals surface area contributed by atoms with E-state index in [0.29, 0.717) is 11.3 Å². The fourth-order valence-corrected chi connectivity index (χ4v) is 1.54. The summed E-state index contributed by atoms with van der Waals surface area (Å²) in [4.78, 5) is 22.1. The van der Waals surface area contributed by atoms with E-state index < -0.39 is 4.92 Å². The molecule has 6 heteroatoms. The molecule has 1 atom stereocenters. The van der Waals surface area contributed by atoms with Crippen LogP contribution < -0.4 is 11.1 Å². The lowest BCUT2D eigenvalue weighted by Crippen LogP contribution is -2.27. The van der Waals surface area contributed by atoms with Gasteiger partial charge in [0.2, 0.25) is 5.91 Å². The van der Waals surface area contributed by atoms with Crippen molar-refractivity contribution in [2.24, 2.45) is 11.7 Å². The summed E-state index contributed by atoms with van der Waals surface area (Å²) in [6.45, 7) is 5.39. The molecule has 0 aliphatic heterocycles. The second kappa shape index (κ2) is 5.59. The summed E-state index contributed by atoms with van der Waals surface area (Å²) in [7, 11) is 0. The topological polar surface area (TPSA) is 98.3 Å². The number of rotatable bonds is 4. The average molecular weight is 251 g/mol. The third-order valence-corrected chi connectivity index (χ3v) is 2.80. The average Bonchev–Trinajstić information content (AvgIpc) is 2.30. The quantitative estimate of drug-likeness (QED) is 0.629. The third kappa shape index (κ3) is 3.04. The van der Waals surface area contributed by atoms with Crippen LogP contribution in [-0.4, -0.2) is 17.4 Å². The summed E-state index contributed by atoms with van der Waals surface area (Å²) < 4.78 is 0. The first-order valence-electron chi connectivity index (χ1n) is 5.63. The molecule has 0 aliphatic carbocycles. The highest BCUT2D eigenvalue weighted by molar-refractivity contribution is 5.93. The van der Waals surface area contributed by atoms with Crippen LogP contribution in [0.5, 0.6) is 0 Å². The number of nitrogens with one attached hydrogen (secondary N) is 1. The predicted octanol–water partition coefficient (Wildman–Crippen LogP) is 1.74. The molecule has 18 heavy (non-hydrogen) atoms. The zero-order valence-corrected chi connectivity index (χ0v) is 10.7. The molecule has 1 aromatic carbocycles. The maximum Gasteiger partial charge on any atom is 0.274 e. The highest BCUT2D eigenvalue weighted by Crippen LogP contribution is 2.26. The molecule has 0 radical (unpaired) electrons. The number of hydrogen-bond acceptors (Lipinski definition) is 4. The molecule has 98 valence electrons. The molecule has 1 unspecified atom stereocenters. The Bertz CT molecular complexity index is 486. The van der Waals surface area contributed by atoms with Crippen molar-refractivity contribution < 1.29 is 9.72 Å². The van der Waals surface area contributed by atoms with Crippen LogP contribution in [0.2, 0.25) is 0 Å².